The summed E-state index contributed by atoms with van der Waals surface area (Å²) < 4.78 is 3.83. The van der Waals surface area contributed by atoms with E-state index in [9.17, 15) is 0 Å². The van der Waals surface area contributed by atoms with Gasteiger partial charge < -0.3 is 9.88 Å². The summed E-state index contributed by atoms with van der Waals surface area (Å²) in [5, 5.41) is 3.36. The molecule has 0 amide bonds. The number of thiophene rings is 1. The van der Waals surface area contributed by atoms with E-state index >= 15 is 0 Å². The van der Waals surface area contributed by atoms with Crippen LogP contribution in [0, 0.1) is 0 Å². The van der Waals surface area contributed by atoms with Gasteiger partial charge in [0, 0.05) is 41.4 Å². The maximum atomic E-state index is 5.95. The summed E-state index contributed by atoms with van der Waals surface area (Å²) in [7, 11) is 0. The standard InChI is InChI=1S/C10H11BrClN3S/c11-9-5-8(16-10(9)12)6-13-1-3-15-4-2-14-7-15/h2,4-5,7,13H,1,3,6H2. The molecule has 6 heteroatoms. The van der Waals surface area contributed by atoms with Gasteiger partial charge in [0.25, 0.3) is 0 Å². The second-order valence-electron chi connectivity index (χ2n) is 3.31. The van der Waals surface area contributed by atoms with Crippen LogP contribution in [0.25, 0.3) is 0 Å². The van der Waals surface area contributed by atoms with E-state index in [0.29, 0.717) is 0 Å². The Morgan fingerprint density at radius 2 is 2.44 bits per heavy atom. The van der Waals surface area contributed by atoms with Gasteiger partial charge in [0.2, 0.25) is 0 Å². The van der Waals surface area contributed by atoms with Crippen molar-refractivity contribution < 1.29 is 0 Å². The molecule has 2 heterocycles. The van der Waals surface area contributed by atoms with E-state index in [1.807, 2.05) is 17.1 Å². The summed E-state index contributed by atoms with van der Waals surface area (Å²) in [4.78, 5) is 5.23. The van der Waals surface area contributed by atoms with Gasteiger partial charge in [-0.2, -0.15) is 0 Å². The van der Waals surface area contributed by atoms with Crippen molar-refractivity contribution in [3.05, 3.63) is 38.5 Å². The number of hydrogen-bond acceptors (Lipinski definition) is 3. The highest BCUT2D eigenvalue weighted by Crippen LogP contribution is 2.31. The Balaban J connectivity index is 1.72. The van der Waals surface area contributed by atoms with Gasteiger partial charge >= 0.3 is 0 Å². The molecule has 0 aliphatic heterocycles. The van der Waals surface area contributed by atoms with Crippen molar-refractivity contribution >= 4 is 38.9 Å². The average Bonchev–Trinajstić information content (AvgIpc) is 2.85. The van der Waals surface area contributed by atoms with E-state index in [0.717, 1.165) is 28.4 Å². The van der Waals surface area contributed by atoms with Crippen LogP contribution in [0.4, 0.5) is 0 Å². The summed E-state index contributed by atoms with van der Waals surface area (Å²) in [6, 6.07) is 2.05. The number of rotatable bonds is 5. The van der Waals surface area contributed by atoms with Crippen molar-refractivity contribution in [1.29, 1.82) is 0 Å². The number of hydrogen-bond donors (Lipinski definition) is 1. The minimum absolute atomic E-state index is 0.811. The maximum absolute atomic E-state index is 5.95. The minimum atomic E-state index is 0.811. The zero-order valence-electron chi connectivity index (χ0n) is 8.49. The van der Waals surface area contributed by atoms with Crippen molar-refractivity contribution in [1.82, 2.24) is 14.9 Å². The van der Waals surface area contributed by atoms with Gasteiger partial charge in [0.05, 0.1) is 6.33 Å². The number of halogens is 2. The molecule has 1 N–H and O–H groups in total. The first-order valence-electron chi connectivity index (χ1n) is 4.86. The summed E-state index contributed by atoms with van der Waals surface area (Å²) in [5.41, 5.74) is 0. The van der Waals surface area contributed by atoms with Gasteiger partial charge in [-0.15, -0.1) is 11.3 Å². The molecule has 16 heavy (non-hydrogen) atoms. The third kappa shape index (κ3) is 3.31. The van der Waals surface area contributed by atoms with E-state index in [-0.39, 0.29) is 0 Å². The molecule has 0 spiro atoms. The molecule has 0 fully saturated rings. The van der Waals surface area contributed by atoms with Gasteiger partial charge in [0.15, 0.2) is 0 Å². The molecule has 2 aromatic heterocycles. The molecule has 0 aromatic carbocycles. The fourth-order valence-electron chi connectivity index (χ4n) is 1.32. The van der Waals surface area contributed by atoms with Crippen LogP contribution in [-0.2, 0) is 13.1 Å². The number of nitrogens with one attached hydrogen (secondary N) is 1. The first-order chi connectivity index (χ1) is 7.75. The summed E-state index contributed by atoms with van der Waals surface area (Å²) in [6.07, 6.45) is 5.57. The first kappa shape index (κ1) is 12.1. The van der Waals surface area contributed by atoms with Crippen LogP contribution in [-0.4, -0.2) is 16.1 Å². The van der Waals surface area contributed by atoms with Crippen LogP contribution in [0.15, 0.2) is 29.3 Å². The maximum Gasteiger partial charge on any atom is 0.107 e. The zero-order chi connectivity index (χ0) is 11.4. The van der Waals surface area contributed by atoms with Gasteiger partial charge in [-0.25, -0.2) is 4.98 Å². The van der Waals surface area contributed by atoms with Gasteiger partial charge in [0.1, 0.15) is 4.34 Å². The smallest absolute Gasteiger partial charge is 0.107 e. The summed E-state index contributed by atoms with van der Waals surface area (Å²) in [5.74, 6) is 0. The van der Waals surface area contributed by atoms with Gasteiger partial charge in [-0.3, -0.25) is 0 Å². The fourth-order valence-corrected chi connectivity index (χ4v) is 3.08. The van der Waals surface area contributed by atoms with Crippen molar-refractivity contribution in [2.45, 2.75) is 13.1 Å². The zero-order valence-corrected chi connectivity index (χ0v) is 11.6. The van der Waals surface area contributed by atoms with Crippen LogP contribution < -0.4 is 5.32 Å². The number of imidazole rings is 1. The molecule has 0 bridgehead atoms. The largest absolute Gasteiger partial charge is 0.336 e. The fraction of sp³-hybridized carbons (Fsp3) is 0.300. The second-order valence-corrected chi connectivity index (χ2v) is 5.90. The SMILES string of the molecule is Clc1sc(CNCCn2ccnc2)cc1Br. The van der Waals surface area contributed by atoms with E-state index in [1.165, 1.54) is 4.88 Å². The second kappa shape index (κ2) is 5.82. The first-order valence-corrected chi connectivity index (χ1v) is 6.84. The topological polar surface area (TPSA) is 29.9 Å². The Morgan fingerprint density at radius 3 is 3.06 bits per heavy atom. The monoisotopic (exact) mass is 319 g/mol. The Bertz CT molecular complexity index is 421. The molecule has 0 unspecified atom stereocenters. The van der Waals surface area contributed by atoms with E-state index in [2.05, 4.69) is 32.3 Å². The average molecular weight is 321 g/mol. The molecule has 0 atom stereocenters. The Kier molecular flexibility index (Phi) is 4.40. The van der Waals surface area contributed by atoms with Crippen LogP contribution >= 0.6 is 38.9 Å². The minimum Gasteiger partial charge on any atom is -0.336 e. The summed E-state index contributed by atoms with van der Waals surface area (Å²) >= 11 is 10.9. The lowest BCUT2D eigenvalue weighted by Gasteiger charge is -2.03. The Labute approximate surface area is 112 Å². The highest BCUT2D eigenvalue weighted by Gasteiger charge is 2.03. The van der Waals surface area contributed by atoms with E-state index in [4.69, 9.17) is 11.6 Å². The number of nitrogens with zero attached hydrogens (tertiary/aromatic N) is 2. The molecular formula is C10H11BrClN3S. The lowest BCUT2D eigenvalue weighted by molar-refractivity contribution is 0.600. The van der Waals surface area contributed by atoms with Crippen molar-refractivity contribution in [3.63, 3.8) is 0 Å². The quantitative estimate of drug-likeness (QED) is 0.858. The molecule has 0 aliphatic rings. The molecule has 2 rings (SSSR count). The van der Waals surface area contributed by atoms with Gasteiger partial charge in [-0.1, -0.05) is 11.6 Å². The van der Waals surface area contributed by atoms with E-state index in [1.54, 1.807) is 17.5 Å². The van der Waals surface area contributed by atoms with Crippen molar-refractivity contribution in [3.8, 4) is 0 Å². The highest BCUT2D eigenvalue weighted by atomic mass is 79.9. The van der Waals surface area contributed by atoms with Crippen LogP contribution in [0.5, 0.6) is 0 Å². The van der Waals surface area contributed by atoms with Crippen LogP contribution in [0.3, 0.4) is 0 Å². The Morgan fingerprint density at radius 1 is 1.56 bits per heavy atom. The molecule has 0 saturated carbocycles. The molecule has 86 valence electrons. The molecule has 0 aliphatic carbocycles. The van der Waals surface area contributed by atoms with Crippen LogP contribution in [0.2, 0.25) is 4.34 Å². The molecular weight excluding hydrogens is 310 g/mol. The van der Waals surface area contributed by atoms with E-state index < -0.39 is 0 Å². The molecule has 0 saturated heterocycles. The lowest BCUT2D eigenvalue weighted by atomic mass is 10.4. The summed E-state index contributed by atoms with van der Waals surface area (Å²) in [6.45, 7) is 2.70. The third-order valence-corrected chi connectivity index (χ3v) is 4.58. The predicted molar refractivity (Wildman–Crippen MR) is 71.0 cm³/mol. The normalized spacial score (nSPS) is 10.9. The Hall–Kier alpha value is -0.360. The van der Waals surface area contributed by atoms with Crippen LogP contribution in [0.1, 0.15) is 4.88 Å². The van der Waals surface area contributed by atoms with Crippen molar-refractivity contribution in [2.75, 3.05) is 6.54 Å². The highest BCUT2D eigenvalue weighted by molar-refractivity contribution is 9.10. The molecule has 0 radical (unpaired) electrons. The van der Waals surface area contributed by atoms with Gasteiger partial charge in [-0.05, 0) is 22.0 Å². The predicted octanol–water partition coefficient (Wildman–Crippen LogP) is 3.15. The molecule has 2 aromatic rings. The third-order valence-electron chi connectivity index (χ3n) is 2.10. The molecule has 3 nitrogen and oxygen atoms in total. The lowest BCUT2D eigenvalue weighted by Crippen LogP contribution is -2.18. The number of aromatic nitrogens is 2. The van der Waals surface area contributed by atoms with Crippen molar-refractivity contribution in [2.24, 2.45) is 0 Å².